The van der Waals surface area contributed by atoms with Crippen LogP contribution in [0.4, 0.5) is 0 Å². The Kier molecular flexibility index (Phi) is 18.9. The van der Waals surface area contributed by atoms with Crippen molar-refractivity contribution in [1.82, 2.24) is 10.2 Å². The van der Waals surface area contributed by atoms with Crippen molar-refractivity contribution in [3.05, 3.63) is 28.2 Å². The smallest absolute Gasteiger partial charge is 0.264 e. The molecule has 1 N–H and O–H groups in total. The van der Waals surface area contributed by atoms with Crippen LogP contribution in [0.5, 0.6) is 0 Å². The van der Waals surface area contributed by atoms with Gasteiger partial charge in [0, 0.05) is 16.3 Å². The van der Waals surface area contributed by atoms with E-state index in [0.29, 0.717) is 4.83 Å². The first-order valence-corrected chi connectivity index (χ1v) is 16.0. The van der Waals surface area contributed by atoms with E-state index >= 15 is 0 Å². The van der Waals surface area contributed by atoms with Gasteiger partial charge in [0.25, 0.3) is 5.56 Å². The molecule has 3 nitrogen and oxygen atoms in total. The molecule has 35 heavy (non-hydrogen) atoms. The van der Waals surface area contributed by atoms with Gasteiger partial charge in [-0.15, -0.1) is 0 Å². The van der Waals surface area contributed by atoms with Crippen molar-refractivity contribution in [1.29, 1.82) is 0 Å². The highest BCUT2D eigenvalue weighted by Gasteiger charge is 2.27. The van der Waals surface area contributed by atoms with Crippen molar-refractivity contribution in [2.75, 3.05) is 0 Å². The van der Waals surface area contributed by atoms with E-state index in [9.17, 15) is 4.79 Å². The normalized spacial score (nSPS) is 15.1. The van der Waals surface area contributed by atoms with Gasteiger partial charge in [0.05, 0.1) is 5.69 Å². The molecule has 3 unspecified atom stereocenters. The van der Waals surface area contributed by atoms with Crippen molar-refractivity contribution in [2.45, 2.75) is 166 Å². The molecule has 4 heteroatoms. The summed E-state index contributed by atoms with van der Waals surface area (Å²) >= 11 is 3.74. The highest BCUT2D eigenvalue weighted by atomic mass is 79.9. The summed E-state index contributed by atoms with van der Waals surface area (Å²) in [5, 5.41) is 7.14. The summed E-state index contributed by atoms with van der Waals surface area (Å²) in [5.41, 5.74) is 1.04. The van der Waals surface area contributed by atoms with Crippen LogP contribution in [0.25, 0.3) is 0 Å². The Morgan fingerprint density at radius 3 is 1.86 bits per heavy atom. The Morgan fingerprint density at radius 1 is 0.800 bits per heavy atom. The van der Waals surface area contributed by atoms with Crippen LogP contribution in [0.3, 0.4) is 0 Å². The van der Waals surface area contributed by atoms with Gasteiger partial charge in [-0.1, -0.05) is 146 Å². The maximum Gasteiger partial charge on any atom is 0.264 e. The molecule has 0 bridgehead atoms. The van der Waals surface area contributed by atoms with Crippen LogP contribution in [0.2, 0.25) is 0 Å². The third-order valence-electron chi connectivity index (χ3n) is 7.96. The molecule has 204 valence electrons. The zero-order valence-corrected chi connectivity index (χ0v) is 25.3. The van der Waals surface area contributed by atoms with Crippen molar-refractivity contribution < 1.29 is 0 Å². The van der Waals surface area contributed by atoms with E-state index in [-0.39, 0.29) is 11.0 Å². The SMILES string of the molecule is CCCCCC(C)CCCCCC(C)(CCCCCCCCCCC(Br)CC)c1ccc(=O)[nH]n1. The fourth-order valence-corrected chi connectivity index (χ4v) is 5.60. The Labute approximate surface area is 226 Å². The van der Waals surface area contributed by atoms with Crippen molar-refractivity contribution in [2.24, 2.45) is 5.92 Å². The van der Waals surface area contributed by atoms with E-state index < -0.39 is 0 Å². The number of hydrogen-bond donors (Lipinski definition) is 1. The van der Waals surface area contributed by atoms with E-state index in [1.807, 2.05) is 6.07 Å². The van der Waals surface area contributed by atoms with Gasteiger partial charge in [0.1, 0.15) is 0 Å². The lowest BCUT2D eigenvalue weighted by molar-refractivity contribution is 0.346. The zero-order valence-electron chi connectivity index (χ0n) is 23.7. The quantitative estimate of drug-likeness (QED) is 0.108. The Balaban J connectivity index is 2.32. The van der Waals surface area contributed by atoms with Gasteiger partial charge in [0.2, 0.25) is 0 Å². The molecule has 0 aliphatic carbocycles. The summed E-state index contributed by atoms with van der Waals surface area (Å²) in [7, 11) is 0. The second-order valence-electron chi connectivity index (χ2n) is 11.4. The maximum atomic E-state index is 11.6. The number of nitrogens with one attached hydrogen (secondary N) is 1. The summed E-state index contributed by atoms with van der Waals surface area (Å²) in [5.74, 6) is 0.867. The van der Waals surface area contributed by atoms with Crippen molar-refractivity contribution in [3.8, 4) is 0 Å². The maximum absolute atomic E-state index is 11.6. The minimum Gasteiger partial charge on any atom is -0.268 e. The van der Waals surface area contributed by atoms with Gasteiger partial charge in [-0.05, 0) is 37.7 Å². The first-order valence-electron chi connectivity index (χ1n) is 15.1. The molecule has 0 saturated heterocycles. The molecule has 3 atom stereocenters. The minimum absolute atomic E-state index is 0.0719. The fraction of sp³-hybridized carbons (Fsp3) is 0.871. The van der Waals surface area contributed by atoms with E-state index in [1.165, 1.54) is 128 Å². The number of hydrogen-bond acceptors (Lipinski definition) is 2. The average Bonchev–Trinajstić information content (AvgIpc) is 2.85. The zero-order chi connectivity index (χ0) is 25.8. The summed E-state index contributed by atoms with van der Waals surface area (Å²) in [4.78, 5) is 12.3. The highest BCUT2D eigenvalue weighted by Crippen LogP contribution is 2.34. The molecule has 0 aliphatic heterocycles. The van der Waals surface area contributed by atoms with Gasteiger partial charge >= 0.3 is 0 Å². The van der Waals surface area contributed by atoms with Gasteiger partial charge in [-0.3, -0.25) is 4.79 Å². The molecule has 0 fully saturated rings. The van der Waals surface area contributed by atoms with Crippen LogP contribution in [0.15, 0.2) is 16.9 Å². The number of nitrogens with zero attached hydrogens (tertiary/aromatic N) is 1. The molecule has 0 radical (unpaired) electrons. The van der Waals surface area contributed by atoms with Gasteiger partial charge in [-0.2, -0.15) is 5.10 Å². The third-order valence-corrected chi connectivity index (χ3v) is 9.07. The second-order valence-corrected chi connectivity index (χ2v) is 12.7. The number of alkyl halides is 1. The van der Waals surface area contributed by atoms with Crippen LogP contribution in [0.1, 0.15) is 162 Å². The molecule has 0 amide bonds. The fourth-order valence-electron chi connectivity index (χ4n) is 5.28. The predicted molar refractivity (Wildman–Crippen MR) is 158 cm³/mol. The van der Waals surface area contributed by atoms with Crippen LogP contribution in [-0.4, -0.2) is 15.0 Å². The monoisotopic (exact) mass is 552 g/mol. The first-order chi connectivity index (χ1) is 16.9. The van der Waals surface area contributed by atoms with E-state index in [4.69, 9.17) is 0 Å². The number of rotatable bonds is 23. The topological polar surface area (TPSA) is 45.8 Å². The minimum atomic E-state index is -0.102. The molecule has 1 aromatic heterocycles. The van der Waals surface area contributed by atoms with Crippen molar-refractivity contribution in [3.63, 3.8) is 0 Å². The molecule has 0 saturated carbocycles. The van der Waals surface area contributed by atoms with Crippen LogP contribution in [0, 0.1) is 5.92 Å². The number of halogens is 1. The van der Waals surface area contributed by atoms with Gasteiger partial charge in [0.15, 0.2) is 0 Å². The lowest BCUT2D eigenvalue weighted by atomic mass is 9.76. The third kappa shape index (κ3) is 15.9. The Hall–Kier alpha value is -0.640. The summed E-state index contributed by atoms with van der Waals surface area (Å²) in [6.45, 7) is 9.34. The van der Waals surface area contributed by atoms with E-state index in [2.05, 4.69) is 53.8 Å². The lowest BCUT2D eigenvalue weighted by Gasteiger charge is -2.29. The lowest BCUT2D eigenvalue weighted by Crippen LogP contribution is -2.25. The average molecular weight is 554 g/mol. The molecule has 1 heterocycles. The van der Waals surface area contributed by atoms with Crippen molar-refractivity contribution >= 4 is 15.9 Å². The molecular weight excluding hydrogens is 496 g/mol. The molecule has 1 aromatic rings. The standard InChI is InChI=1S/C31H57BrN2O/c1-5-7-15-20-27(3)21-16-14-19-26-31(4,29-23-24-30(35)34-33-29)25-18-13-11-9-8-10-12-17-22-28(32)6-2/h23-24,27-28H,5-22,25-26H2,1-4H3,(H,34,35). The van der Waals surface area contributed by atoms with Crippen LogP contribution < -0.4 is 5.56 Å². The molecule has 0 aliphatic rings. The number of unbranched alkanes of at least 4 members (excludes halogenated alkanes) is 11. The molecule has 0 spiro atoms. The number of aromatic nitrogens is 2. The van der Waals surface area contributed by atoms with E-state index in [1.54, 1.807) is 6.07 Å². The van der Waals surface area contributed by atoms with Gasteiger partial charge < -0.3 is 0 Å². The van der Waals surface area contributed by atoms with Crippen LogP contribution in [-0.2, 0) is 5.41 Å². The summed E-state index contributed by atoms with van der Waals surface area (Å²) in [6, 6.07) is 3.61. The summed E-state index contributed by atoms with van der Waals surface area (Å²) < 4.78 is 0. The summed E-state index contributed by atoms with van der Waals surface area (Å²) in [6.07, 6.45) is 26.5. The first kappa shape index (κ1) is 32.4. The Morgan fingerprint density at radius 2 is 1.31 bits per heavy atom. The molecule has 0 aromatic carbocycles. The highest BCUT2D eigenvalue weighted by molar-refractivity contribution is 9.09. The number of aromatic amines is 1. The van der Waals surface area contributed by atoms with Crippen LogP contribution >= 0.6 is 15.9 Å². The molecule has 1 rings (SSSR count). The Bertz CT molecular complexity index is 656. The predicted octanol–water partition coefficient (Wildman–Crippen LogP) is 10.3. The molecular formula is C31H57BrN2O. The second kappa shape index (κ2) is 20.4. The largest absolute Gasteiger partial charge is 0.268 e. The van der Waals surface area contributed by atoms with E-state index in [0.717, 1.165) is 11.6 Å². The number of H-pyrrole nitrogens is 1. The van der Waals surface area contributed by atoms with Gasteiger partial charge in [-0.25, -0.2) is 5.10 Å².